The summed E-state index contributed by atoms with van der Waals surface area (Å²) in [4.78, 5) is 31.0. The number of carbonyl (C=O) groups excluding carboxylic acids is 2. The van der Waals surface area contributed by atoms with E-state index in [2.05, 4.69) is 13.8 Å². The molecule has 1 aromatic rings. The van der Waals surface area contributed by atoms with E-state index in [1.165, 1.54) is 0 Å². The Labute approximate surface area is 182 Å². The summed E-state index contributed by atoms with van der Waals surface area (Å²) in [5, 5.41) is 0.762. The van der Waals surface area contributed by atoms with E-state index in [4.69, 9.17) is 32.9 Å². The van der Waals surface area contributed by atoms with Gasteiger partial charge in [0.05, 0.1) is 28.1 Å². The van der Waals surface area contributed by atoms with Gasteiger partial charge in [-0.1, -0.05) is 62.5 Å². The molecule has 1 fully saturated rings. The summed E-state index contributed by atoms with van der Waals surface area (Å²) in [7, 11) is 0. The van der Waals surface area contributed by atoms with Crippen molar-refractivity contribution < 1.29 is 14.3 Å². The Kier molecular flexibility index (Phi) is 6.54. The third kappa shape index (κ3) is 4.44. The molecule has 0 bridgehead atoms. The van der Waals surface area contributed by atoms with Crippen LogP contribution < -0.4 is 0 Å². The monoisotopic (exact) mass is 435 g/mol. The number of esters is 1. The van der Waals surface area contributed by atoms with E-state index in [0.717, 1.165) is 18.6 Å². The van der Waals surface area contributed by atoms with Crippen molar-refractivity contribution in [3.63, 3.8) is 0 Å². The van der Waals surface area contributed by atoms with Gasteiger partial charge in [-0.2, -0.15) is 0 Å². The number of rotatable bonds is 5. The van der Waals surface area contributed by atoms with Crippen LogP contribution in [0.2, 0.25) is 10.0 Å². The van der Waals surface area contributed by atoms with Crippen molar-refractivity contribution >= 4 is 40.7 Å². The van der Waals surface area contributed by atoms with Crippen LogP contribution in [0.5, 0.6) is 0 Å². The van der Waals surface area contributed by atoms with Crippen LogP contribution in [0.3, 0.4) is 0 Å². The molecule has 6 heteroatoms. The Morgan fingerprint density at radius 2 is 1.97 bits per heavy atom. The Balaban J connectivity index is 2.14. The number of carbonyl (C=O) groups is 2. The molecule has 0 N–H and O–H groups in total. The standard InChI is InChI=1S/C23H27Cl2NO3/c1-5-6-10-29-22(28)18-13(2)26-16-11-23(3,4)12-17(27)20(16)19(18)14-8-7-9-15(24)21(14)25/h7-9,19-20H,5-6,10-12H2,1-4H3. The van der Waals surface area contributed by atoms with E-state index in [0.29, 0.717) is 46.3 Å². The minimum atomic E-state index is -0.536. The van der Waals surface area contributed by atoms with Gasteiger partial charge in [0, 0.05) is 23.7 Å². The van der Waals surface area contributed by atoms with E-state index in [1.807, 2.05) is 13.0 Å². The van der Waals surface area contributed by atoms with Crippen LogP contribution in [0.25, 0.3) is 0 Å². The number of ketones is 1. The Bertz CT molecular complexity index is 901. The first-order valence-electron chi connectivity index (χ1n) is 10.1. The molecule has 0 aromatic heterocycles. The molecular formula is C23H27Cl2NO3. The Morgan fingerprint density at radius 1 is 1.24 bits per heavy atom. The van der Waals surface area contributed by atoms with Gasteiger partial charge < -0.3 is 4.74 Å². The number of ether oxygens (including phenoxy) is 1. The number of halogens is 2. The fourth-order valence-electron chi connectivity index (χ4n) is 4.34. The molecular weight excluding hydrogens is 409 g/mol. The lowest BCUT2D eigenvalue weighted by Gasteiger charge is -2.41. The molecule has 1 heterocycles. The molecule has 1 aliphatic heterocycles. The molecule has 29 heavy (non-hydrogen) atoms. The Morgan fingerprint density at radius 3 is 2.66 bits per heavy atom. The third-order valence-corrected chi connectivity index (χ3v) is 6.46. The molecule has 0 spiro atoms. The lowest BCUT2D eigenvalue weighted by Crippen LogP contribution is -2.44. The second kappa shape index (κ2) is 8.61. The number of allylic oxidation sites excluding steroid dienone is 1. The highest BCUT2D eigenvalue weighted by Gasteiger charge is 2.48. The van der Waals surface area contributed by atoms with Crippen molar-refractivity contribution in [3.8, 4) is 0 Å². The van der Waals surface area contributed by atoms with Gasteiger partial charge in [0.25, 0.3) is 0 Å². The number of nitrogens with zero attached hydrogens (tertiary/aromatic N) is 1. The SMILES string of the molecule is CCCCOC(=O)C1=C(C)N=C2CC(C)(C)CC(=O)C2C1c1cccc(Cl)c1Cl. The van der Waals surface area contributed by atoms with Crippen molar-refractivity contribution in [1.29, 1.82) is 0 Å². The van der Waals surface area contributed by atoms with Gasteiger partial charge in [0.1, 0.15) is 5.78 Å². The molecule has 2 unspecified atom stereocenters. The van der Waals surface area contributed by atoms with Gasteiger partial charge >= 0.3 is 5.97 Å². The van der Waals surface area contributed by atoms with Crippen molar-refractivity contribution in [2.45, 2.75) is 59.3 Å². The number of hydrogen-bond acceptors (Lipinski definition) is 4. The maximum Gasteiger partial charge on any atom is 0.336 e. The highest BCUT2D eigenvalue weighted by molar-refractivity contribution is 6.42. The largest absolute Gasteiger partial charge is 0.462 e. The van der Waals surface area contributed by atoms with Crippen molar-refractivity contribution in [2.75, 3.05) is 6.61 Å². The average molecular weight is 436 g/mol. The van der Waals surface area contributed by atoms with E-state index >= 15 is 0 Å². The molecule has 0 radical (unpaired) electrons. The van der Waals surface area contributed by atoms with Crippen LogP contribution in [0.15, 0.2) is 34.5 Å². The normalized spacial score (nSPS) is 23.5. The number of fused-ring (bicyclic) bond motifs is 1. The zero-order valence-electron chi connectivity index (χ0n) is 17.4. The third-order valence-electron chi connectivity index (χ3n) is 5.63. The van der Waals surface area contributed by atoms with Gasteiger partial charge in [0.2, 0.25) is 0 Å². The maximum absolute atomic E-state index is 13.2. The van der Waals surface area contributed by atoms with E-state index < -0.39 is 17.8 Å². The quantitative estimate of drug-likeness (QED) is 0.411. The smallest absolute Gasteiger partial charge is 0.336 e. The minimum absolute atomic E-state index is 0.0763. The number of unbranched alkanes of at least 4 members (excludes halogenated alkanes) is 1. The predicted molar refractivity (Wildman–Crippen MR) is 117 cm³/mol. The molecule has 2 aliphatic rings. The van der Waals surface area contributed by atoms with Gasteiger partial charge in [-0.25, -0.2) is 4.79 Å². The van der Waals surface area contributed by atoms with E-state index in [9.17, 15) is 9.59 Å². The predicted octanol–water partition coefficient (Wildman–Crippen LogP) is 6.15. The zero-order chi connectivity index (χ0) is 21.3. The van der Waals surface area contributed by atoms with Gasteiger partial charge in [-0.15, -0.1) is 0 Å². The summed E-state index contributed by atoms with van der Waals surface area (Å²) in [6.07, 6.45) is 2.84. The number of hydrogen-bond donors (Lipinski definition) is 0. The zero-order valence-corrected chi connectivity index (χ0v) is 18.9. The highest BCUT2D eigenvalue weighted by atomic mass is 35.5. The molecule has 1 aliphatic carbocycles. The van der Waals surface area contributed by atoms with Crippen molar-refractivity contribution in [2.24, 2.45) is 16.3 Å². The topological polar surface area (TPSA) is 55.7 Å². The molecule has 4 nitrogen and oxygen atoms in total. The van der Waals surface area contributed by atoms with Gasteiger partial charge in [-0.05, 0) is 36.8 Å². The number of aliphatic imine (C=N–C) groups is 1. The average Bonchev–Trinajstić information content (AvgIpc) is 2.62. The lowest BCUT2D eigenvalue weighted by atomic mass is 9.63. The van der Waals surface area contributed by atoms with Crippen LogP contribution >= 0.6 is 23.2 Å². The molecule has 156 valence electrons. The van der Waals surface area contributed by atoms with Gasteiger partial charge in [0.15, 0.2) is 0 Å². The molecule has 1 aromatic carbocycles. The van der Waals surface area contributed by atoms with Crippen LogP contribution in [-0.4, -0.2) is 24.1 Å². The molecule has 3 rings (SSSR count). The fraction of sp³-hybridized carbons (Fsp3) is 0.522. The first kappa shape index (κ1) is 22.0. The lowest BCUT2D eigenvalue weighted by molar-refractivity contribution is -0.139. The van der Waals surface area contributed by atoms with Crippen molar-refractivity contribution in [1.82, 2.24) is 0 Å². The van der Waals surface area contributed by atoms with Crippen LogP contribution in [0.4, 0.5) is 0 Å². The summed E-state index contributed by atoms with van der Waals surface area (Å²) in [5.41, 5.74) is 2.33. The maximum atomic E-state index is 13.2. The van der Waals surface area contributed by atoms with E-state index in [1.54, 1.807) is 19.1 Å². The molecule has 2 atom stereocenters. The number of benzene rings is 1. The summed E-state index contributed by atoms with van der Waals surface area (Å²) < 4.78 is 5.52. The van der Waals surface area contributed by atoms with Crippen LogP contribution in [0, 0.1) is 11.3 Å². The molecule has 1 saturated carbocycles. The summed E-state index contributed by atoms with van der Waals surface area (Å²) in [6.45, 7) is 8.31. The first-order chi connectivity index (χ1) is 13.7. The fourth-order valence-corrected chi connectivity index (χ4v) is 4.77. The van der Waals surface area contributed by atoms with Crippen LogP contribution in [-0.2, 0) is 14.3 Å². The Hall–Kier alpha value is -1.65. The molecule has 0 saturated heterocycles. The first-order valence-corrected chi connectivity index (χ1v) is 10.8. The molecule has 0 amide bonds. The minimum Gasteiger partial charge on any atom is -0.462 e. The second-order valence-electron chi connectivity index (χ2n) is 8.67. The van der Waals surface area contributed by atoms with Gasteiger partial charge in [-0.3, -0.25) is 9.79 Å². The van der Waals surface area contributed by atoms with Crippen LogP contribution in [0.1, 0.15) is 64.9 Å². The highest BCUT2D eigenvalue weighted by Crippen LogP contribution is 2.49. The summed E-state index contributed by atoms with van der Waals surface area (Å²) in [6, 6.07) is 5.33. The number of Topliss-reactive ketones (excluding diaryl/α,β-unsaturated/α-hetero) is 1. The van der Waals surface area contributed by atoms with E-state index in [-0.39, 0.29) is 11.2 Å². The summed E-state index contributed by atoms with van der Waals surface area (Å²) >= 11 is 12.8. The van der Waals surface area contributed by atoms with Crippen molar-refractivity contribution in [3.05, 3.63) is 45.1 Å². The summed E-state index contributed by atoms with van der Waals surface area (Å²) in [5.74, 6) is -1.41. The second-order valence-corrected chi connectivity index (χ2v) is 9.46.